The normalized spacial score (nSPS) is 41.4. The summed E-state index contributed by atoms with van der Waals surface area (Å²) < 4.78 is 28.1. The first-order valence-corrected chi connectivity index (χ1v) is 4.58. The maximum atomic E-state index is 11.8. The fourth-order valence-electron chi connectivity index (χ4n) is 1.13. The summed E-state index contributed by atoms with van der Waals surface area (Å²) in [6.07, 6.45) is -2.77. The van der Waals surface area contributed by atoms with Crippen molar-refractivity contribution in [3.8, 4) is 0 Å². The number of aliphatic hydroxyl groups excluding tert-OH is 1. The van der Waals surface area contributed by atoms with Gasteiger partial charge in [0.15, 0.2) is 0 Å². The lowest BCUT2D eigenvalue weighted by molar-refractivity contribution is 0.0176. The number of likely N-dealkylation sites (tertiary alicyclic amines) is 1. The Morgan fingerprint density at radius 3 is 2.86 bits per heavy atom. The number of aliphatic hydroxyl groups is 1. The van der Waals surface area contributed by atoms with Crippen molar-refractivity contribution < 1.29 is 18.8 Å². The van der Waals surface area contributed by atoms with Gasteiger partial charge in [-0.1, -0.05) is 0 Å². The molecule has 0 aromatic carbocycles. The summed E-state index contributed by atoms with van der Waals surface area (Å²) >= 11 is 0. The number of hydrogen-bond acceptors (Lipinski definition) is 3. The van der Waals surface area contributed by atoms with Crippen LogP contribution in [-0.4, -0.2) is 40.9 Å². The second-order valence-electron chi connectivity index (χ2n) is 4.17. The molecule has 1 N–H and O–H groups in total. The van der Waals surface area contributed by atoms with E-state index < -0.39 is 43.7 Å². The molecule has 0 spiro atoms. The standard InChI is InChI=1S/C10H19NO3/c1-10(2,3)14-9(13)11-6-4-5-8(11)7-12/h8,12H,4-7H2,1-3H3/t8-/m0/s1/i4D,5D,6D/t4-,5+,6-,8+/m1. The summed E-state index contributed by atoms with van der Waals surface area (Å²) in [5, 5.41) is 9.15. The van der Waals surface area contributed by atoms with Crippen LogP contribution in [0.15, 0.2) is 0 Å². The van der Waals surface area contributed by atoms with Gasteiger partial charge >= 0.3 is 6.09 Å². The third-order valence-electron chi connectivity index (χ3n) is 1.73. The second-order valence-corrected chi connectivity index (χ2v) is 4.17. The van der Waals surface area contributed by atoms with Gasteiger partial charge in [-0.2, -0.15) is 0 Å². The van der Waals surface area contributed by atoms with Crippen molar-refractivity contribution in [2.24, 2.45) is 0 Å². The number of ether oxygens (including phenoxy) is 1. The van der Waals surface area contributed by atoms with E-state index in [0.717, 1.165) is 4.90 Å². The Bertz CT molecular complexity index is 295. The molecule has 0 aromatic heterocycles. The summed E-state index contributed by atoms with van der Waals surface area (Å²) in [4.78, 5) is 12.8. The van der Waals surface area contributed by atoms with E-state index in [4.69, 9.17) is 14.0 Å². The van der Waals surface area contributed by atoms with Crippen molar-refractivity contribution >= 4 is 6.09 Å². The molecule has 0 bridgehead atoms. The minimum absolute atomic E-state index is 0.432. The zero-order valence-electron chi connectivity index (χ0n) is 11.7. The average molecular weight is 204 g/mol. The van der Waals surface area contributed by atoms with Gasteiger partial charge in [0, 0.05) is 10.6 Å². The molecule has 14 heavy (non-hydrogen) atoms. The summed E-state index contributed by atoms with van der Waals surface area (Å²) in [6.45, 7) is 3.50. The first-order chi connectivity index (χ1) is 7.69. The first-order valence-electron chi connectivity index (χ1n) is 6.31. The molecule has 1 heterocycles. The Hall–Kier alpha value is -0.770. The van der Waals surface area contributed by atoms with Crippen LogP contribution < -0.4 is 0 Å². The van der Waals surface area contributed by atoms with E-state index in [1.165, 1.54) is 0 Å². The van der Waals surface area contributed by atoms with Gasteiger partial charge in [-0.3, -0.25) is 0 Å². The van der Waals surface area contributed by atoms with E-state index in [0.29, 0.717) is 0 Å². The van der Waals surface area contributed by atoms with Crippen LogP contribution in [-0.2, 0) is 4.74 Å². The van der Waals surface area contributed by atoms with Crippen molar-refractivity contribution in [1.29, 1.82) is 0 Å². The molecule has 1 rings (SSSR count). The molecular weight excluding hydrogens is 182 g/mol. The highest BCUT2D eigenvalue weighted by atomic mass is 16.6. The number of rotatable bonds is 1. The van der Waals surface area contributed by atoms with E-state index in [1.807, 2.05) is 0 Å². The third kappa shape index (κ3) is 2.87. The Kier molecular flexibility index (Phi) is 2.24. The highest BCUT2D eigenvalue weighted by Crippen LogP contribution is 2.20. The third-order valence-corrected chi connectivity index (χ3v) is 1.73. The van der Waals surface area contributed by atoms with Gasteiger partial charge in [0.1, 0.15) is 5.60 Å². The first kappa shape index (κ1) is 7.51. The molecule has 0 aromatic rings. The molecule has 4 heteroatoms. The molecule has 4 atom stereocenters. The molecule has 1 aliphatic rings. The summed E-state index contributed by atoms with van der Waals surface area (Å²) in [6, 6.07) is -0.838. The van der Waals surface area contributed by atoms with Crippen molar-refractivity contribution in [3.05, 3.63) is 0 Å². The minimum Gasteiger partial charge on any atom is -0.444 e. The van der Waals surface area contributed by atoms with E-state index >= 15 is 0 Å². The molecule has 4 nitrogen and oxygen atoms in total. The Morgan fingerprint density at radius 1 is 1.71 bits per heavy atom. The number of carbonyl (C=O) groups excluding carboxylic acids is 1. The fraction of sp³-hybridized carbons (Fsp3) is 0.900. The monoisotopic (exact) mass is 204 g/mol. The van der Waals surface area contributed by atoms with Crippen molar-refractivity contribution in [1.82, 2.24) is 4.90 Å². The topological polar surface area (TPSA) is 49.8 Å². The van der Waals surface area contributed by atoms with E-state index in [1.54, 1.807) is 20.8 Å². The highest BCUT2D eigenvalue weighted by molar-refractivity contribution is 5.68. The predicted octanol–water partition coefficient (Wildman–Crippen LogP) is 1.38. The smallest absolute Gasteiger partial charge is 0.410 e. The predicted molar refractivity (Wildman–Crippen MR) is 53.0 cm³/mol. The SMILES string of the molecule is [2H][C@@H]1[C@H]([2H])[C@@H](CO)N(C(=O)OC(C)(C)C)[C@@H]1[2H]. The van der Waals surface area contributed by atoms with Crippen LogP contribution in [0.2, 0.25) is 0 Å². The van der Waals surface area contributed by atoms with Crippen molar-refractivity contribution in [2.75, 3.05) is 13.1 Å². The number of amides is 1. The van der Waals surface area contributed by atoms with Crippen LogP contribution in [0, 0.1) is 0 Å². The largest absolute Gasteiger partial charge is 0.444 e. The Labute approximate surface area is 89.1 Å². The van der Waals surface area contributed by atoms with Gasteiger partial charge in [0.05, 0.1) is 12.6 Å². The zero-order valence-corrected chi connectivity index (χ0v) is 8.73. The highest BCUT2D eigenvalue weighted by Gasteiger charge is 2.31. The lowest BCUT2D eigenvalue weighted by atomic mass is 10.2. The van der Waals surface area contributed by atoms with Crippen LogP contribution in [0.4, 0.5) is 4.79 Å². The van der Waals surface area contributed by atoms with Crippen molar-refractivity contribution in [2.45, 2.75) is 45.2 Å². The second kappa shape index (κ2) is 4.17. The quantitative estimate of drug-likeness (QED) is 0.702. The van der Waals surface area contributed by atoms with Gasteiger partial charge in [-0.05, 0) is 33.6 Å². The molecule has 1 amide bonds. The van der Waals surface area contributed by atoms with Crippen LogP contribution in [0.5, 0.6) is 0 Å². The molecule has 0 radical (unpaired) electrons. The van der Waals surface area contributed by atoms with Gasteiger partial charge < -0.3 is 14.7 Å². The van der Waals surface area contributed by atoms with Gasteiger partial charge in [-0.15, -0.1) is 0 Å². The zero-order chi connectivity index (χ0) is 13.4. The maximum absolute atomic E-state index is 11.8. The lowest BCUT2D eigenvalue weighted by Gasteiger charge is -2.27. The summed E-state index contributed by atoms with van der Waals surface area (Å²) in [7, 11) is 0. The molecular formula is C10H19NO3. The number of hydrogen-bond donors (Lipinski definition) is 1. The summed E-state index contributed by atoms with van der Waals surface area (Å²) in [5.41, 5.74) is -0.700. The van der Waals surface area contributed by atoms with E-state index in [-0.39, 0.29) is 0 Å². The van der Waals surface area contributed by atoms with Crippen LogP contribution in [0.3, 0.4) is 0 Å². The molecule has 1 saturated heterocycles. The lowest BCUT2D eigenvalue weighted by Crippen LogP contribution is -2.41. The fourth-order valence-corrected chi connectivity index (χ4v) is 1.13. The van der Waals surface area contributed by atoms with Crippen LogP contribution >= 0.6 is 0 Å². The van der Waals surface area contributed by atoms with Gasteiger partial charge in [-0.25, -0.2) is 4.79 Å². The number of carbonyl (C=O) groups is 1. The minimum atomic E-state index is -1.16. The van der Waals surface area contributed by atoms with Gasteiger partial charge in [0.2, 0.25) is 0 Å². The average Bonchev–Trinajstić information content (AvgIpc) is 2.39. The molecule has 0 aliphatic carbocycles. The van der Waals surface area contributed by atoms with E-state index in [9.17, 15) is 4.79 Å². The molecule has 1 aliphatic heterocycles. The van der Waals surface area contributed by atoms with Crippen LogP contribution in [0.25, 0.3) is 0 Å². The molecule has 82 valence electrons. The van der Waals surface area contributed by atoms with Crippen LogP contribution in [0.1, 0.15) is 37.7 Å². The molecule has 0 unspecified atom stereocenters. The molecule has 0 saturated carbocycles. The van der Waals surface area contributed by atoms with E-state index in [2.05, 4.69) is 0 Å². The maximum Gasteiger partial charge on any atom is 0.410 e. The summed E-state index contributed by atoms with van der Waals surface area (Å²) in [5.74, 6) is 0. The molecule has 1 fully saturated rings. The van der Waals surface area contributed by atoms with Gasteiger partial charge in [0.25, 0.3) is 0 Å². The Morgan fingerprint density at radius 2 is 2.36 bits per heavy atom. The number of nitrogens with zero attached hydrogens (tertiary/aromatic N) is 1. The van der Waals surface area contributed by atoms with Crippen molar-refractivity contribution in [3.63, 3.8) is 0 Å². The Balaban J connectivity index is 2.84.